The van der Waals surface area contributed by atoms with Crippen LogP contribution in [0.4, 0.5) is 0 Å². The Balaban J connectivity index is 2.84. The molecule has 5 nitrogen and oxygen atoms in total. The van der Waals surface area contributed by atoms with Gasteiger partial charge in [-0.05, 0) is 6.92 Å². The minimum Gasteiger partial charge on any atom is -0.460 e. The highest BCUT2D eigenvalue weighted by molar-refractivity contribution is 5.84. The molecule has 72 valence electrons. The van der Waals surface area contributed by atoms with E-state index in [-0.39, 0.29) is 5.82 Å². The Morgan fingerprint density at radius 2 is 2.23 bits per heavy atom. The summed E-state index contributed by atoms with van der Waals surface area (Å²) in [6.45, 7) is 4.05. The summed E-state index contributed by atoms with van der Waals surface area (Å²) in [7, 11) is 1.76. The molecule has 0 radical (unpaired) electrons. The maximum atomic E-state index is 11.2. The Morgan fingerprint density at radius 3 is 2.69 bits per heavy atom. The molecule has 1 rings (SSSR count). The lowest BCUT2D eigenvalue weighted by atomic mass is 10.4. The third-order valence-corrected chi connectivity index (χ3v) is 1.63. The first-order valence-electron chi connectivity index (χ1n) is 4.26. The average Bonchev–Trinajstić information content (AvgIpc) is 2.47. The van der Waals surface area contributed by atoms with Crippen LogP contribution in [0.2, 0.25) is 0 Å². The van der Waals surface area contributed by atoms with Crippen LogP contribution in [0.1, 0.15) is 30.3 Å². The first-order chi connectivity index (χ1) is 6.19. The Labute approximate surface area is 76.7 Å². The van der Waals surface area contributed by atoms with Gasteiger partial charge in [0.1, 0.15) is 5.82 Å². The van der Waals surface area contributed by atoms with Crippen molar-refractivity contribution in [1.82, 2.24) is 14.8 Å². The zero-order valence-corrected chi connectivity index (χ0v) is 8.07. The maximum Gasteiger partial charge on any atom is 0.378 e. The Morgan fingerprint density at radius 1 is 1.54 bits per heavy atom. The number of carbonyl (C=O) groups is 1. The summed E-state index contributed by atoms with van der Waals surface area (Å²) < 4.78 is 6.35. The van der Waals surface area contributed by atoms with Crippen LogP contribution >= 0.6 is 0 Å². The van der Waals surface area contributed by atoms with Gasteiger partial charge in [-0.25, -0.2) is 9.78 Å². The number of aryl methyl sites for hydroxylation is 2. The second-order valence-electron chi connectivity index (χ2n) is 2.55. The highest BCUT2D eigenvalue weighted by atomic mass is 16.5. The largest absolute Gasteiger partial charge is 0.460 e. The van der Waals surface area contributed by atoms with Gasteiger partial charge in [0, 0.05) is 13.5 Å². The molecule has 0 aliphatic rings. The quantitative estimate of drug-likeness (QED) is 0.642. The summed E-state index contributed by atoms with van der Waals surface area (Å²) in [5.41, 5.74) is 0. The molecule has 0 N–H and O–H groups in total. The second-order valence-corrected chi connectivity index (χ2v) is 2.55. The van der Waals surface area contributed by atoms with E-state index in [1.807, 2.05) is 6.92 Å². The van der Waals surface area contributed by atoms with Gasteiger partial charge in [-0.2, -0.15) is 0 Å². The molecule has 0 aliphatic carbocycles. The van der Waals surface area contributed by atoms with Gasteiger partial charge in [0.05, 0.1) is 6.61 Å². The molecule has 1 aromatic heterocycles. The highest BCUT2D eigenvalue weighted by Gasteiger charge is 2.14. The number of nitrogens with zero attached hydrogens (tertiary/aromatic N) is 3. The molecule has 1 heterocycles. The molecule has 0 saturated carbocycles. The number of esters is 1. The lowest BCUT2D eigenvalue weighted by Gasteiger charge is -1.94. The highest BCUT2D eigenvalue weighted by Crippen LogP contribution is 1.99. The van der Waals surface area contributed by atoms with Crippen molar-refractivity contribution in [2.75, 3.05) is 6.61 Å². The Kier molecular flexibility index (Phi) is 3.00. The normalized spacial score (nSPS) is 10.1. The van der Waals surface area contributed by atoms with Crippen LogP contribution in [0.15, 0.2) is 0 Å². The molecule has 5 heteroatoms. The van der Waals surface area contributed by atoms with Gasteiger partial charge < -0.3 is 4.74 Å². The first kappa shape index (κ1) is 9.70. The molecule has 0 aliphatic heterocycles. The lowest BCUT2D eigenvalue weighted by Crippen LogP contribution is -2.07. The van der Waals surface area contributed by atoms with Gasteiger partial charge >= 0.3 is 5.97 Å². The molecule has 0 saturated heterocycles. The summed E-state index contributed by atoms with van der Waals surface area (Å²) >= 11 is 0. The maximum absolute atomic E-state index is 11.2. The standard InChI is InChI=1S/C8H13N3O2/c1-4-6-9-7(10-11(6)3)8(12)13-5-2/h4-5H2,1-3H3. The number of hydrogen-bond donors (Lipinski definition) is 0. The van der Waals surface area contributed by atoms with Crippen molar-refractivity contribution >= 4 is 5.97 Å². The smallest absolute Gasteiger partial charge is 0.378 e. The number of carbonyl (C=O) groups excluding carboxylic acids is 1. The molecule has 0 atom stereocenters. The number of hydrogen-bond acceptors (Lipinski definition) is 4. The monoisotopic (exact) mass is 183 g/mol. The van der Waals surface area contributed by atoms with Gasteiger partial charge in [-0.1, -0.05) is 6.92 Å². The van der Waals surface area contributed by atoms with Crippen LogP contribution in [0.3, 0.4) is 0 Å². The van der Waals surface area contributed by atoms with E-state index in [1.54, 1.807) is 18.7 Å². The Hall–Kier alpha value is -1.39. The van der Waals surface area contributed by atoms with E-state index in [9.17, 15) is 4.79 Å². The van der Waals surface area contributed by atoms with E-state index in [4.69, 9.17) is 4.74 Å². The SMILES string of the molecule is CCOC(=O)c1nc(CC)n(C)n1. The number of aromatic nitrogens is 3. The molecule has 0 amide bonds. The van der Waals surface area contributed by atoms with Gasteiger partial charge in [0.2, 0.25) is 0 Å². The minimum atomic E-state index is -0.460. The fourth-order valence-electron chi connectivity index (χ4n) is 1.01. The predicted molar refractivity (Wildman–Crippen MR) is 46.3 cm³/mol. The minimum absolute atomic E-state index is 0.140. The molecule has 1 aromatic rings. The van der Waals surface area contributed by atoms with Crippen molar-refractivity contribution in [2.24, 2.45) is 7.05 Å². The topological polar surface area (TPSA) is 57.0 Å². The second kappa shape index (κ2) is 4.02. The van der Waals surface area contributed by atoms with E-state index < -0.39 is 5.97 Å². The fourth-order valence-corrected chi connectivity index (χ4v) is 1.01. The summed E-state index contributed by atoms with van der Waals surface area (Å²) in [6, 6.07) is 0. The van der Waals surface area contributed by atoms with Gasteiger partial charge in [-0.3, -0.25) is 4.68 Å². The molecular formula is C8H13N3O2. The van der Waals surface area contributed by atoms with Crippen LogP contribution < -0.4 is 0 Å². The fraction of sp³-hybridized carbons (Fsp3) is 0.625. The van der Waals surface area contributed by atoms with Crippen molar-refractivity contribution in [3.05, 3.63) is 11.6 Å². The summed E-state index contributed by atoms with van der Waals surface area (Å²) in [5.74, 6) is 0.460. The van der Waals surface area contributed by atoms with Crippen LogP contribution in [0, 0.1) is 0 Å². The van der Waals surface area contributed by atoms with Gasteiger partial charge in [-0.15, -0.1) is 5.10 Å². The van der Waals surface area contributed by atoms with Gasteiger partial charge in [0.15, 0.2) is 0 Å². The average molecular weight is 183 g/mol. The molecule has 0 unspecified atom stereocenters. The summed E-state index contributed by atoms with van der Waals surface area (Å²) in [5, 5.41) is 3.93. The third kappa shape index (κ3) is 2.05. The lowest BCUT2D eigenvalue weighted by molar-refractivity contribution is 0.0512. The molecule has 0 aromatic carbocycles. The van der Waals surface area contributed by atoms with Crippen LogP contribution in [-0.4, -0.2) is 27.3 Å². The zero-order chi connectivity index (χ0) is 9.84. The van der Waals surface area contributed by atoms with Crippen molar-refractivity contribution in [2.45, 2.75) is 20.3 Å². The summed E-state index contributed by atoms with van der Waals surface area (Å²) in [4.78, 5) is 15.2. The van der Waals surface area contributed by atoms with E-state index in [0.29, 0.717) is 6.61 Å². The van der Waals surface area contributed by atoms with Crippen LogP contribution in [-0.2, 0) is 18.2 Å². The van der Waals surface area contributed by atoms with E-state index in [1.165, 1.54) is 0 Å². The van der Waals surface area contributed by atoms with E-state index >= 15 is 0 Å². The third-order valence-electron chi connectivity index (χ3n) is 1.63. The van der Waals surface area contributed by atoms with Crippen molar-refractivity contribution in [1.29, 1.82) is 0 Å². The van der Waals surface area contributed by atoms with E-state index in [2.05, 4.69) is 10.1 Å². The summed E-state index contributed by atoms with van der Waals surface area (Å²) in [6.07, 6.45) is 0.753. The number of rotatable bonds is 3. The van der Waals surface area contributed by atoms with Crippen molar-refractivity contribution < 1.29 is 9.53 Å². The molecule has 0 bridgehead atoms. The van der Waals surface area contributed by atoms with Crippen molar-refractivity contribution in [3.63, 3.8) is 0 Å². The zero-order valence-electron chi connectivity index (χ0n) is 8.07. The van der Waals surface area contributed by atoms with E-state index in [0.717, 1.165) is 12.2 Å². The molecule has 0 fully saturated rings. The Bertz CT molecular complexity index is 306. The molecule has 0 spiro atoms. The molecule has 13 heavy (non-hydrogen) atoms. The predicted octanol–water partition coefficient (Wildman–Crippen LogP) is 0.554. The van der Waals surface area contributed by atoms with Crippen LogP contribution in [0.25, 0.3) is 0 Å². The first-order valence-corrected chi connectivity index (χ1v) is 4.26. The van der Waals surface area contributed by atoms with Crippen molar-refractivity contribution in [3.8, 4) is 0 Å². The molecular weight excluding hydrogens is 170 g/mol. The van der Waals surface area contributed by atoms with Crippen LogP contribution in [0.5, 0.6) is 0 Å². The number of ether oxygens (including phenoxy) is 1. The van der Waals surface area contributed by atoms with Gasteiger partial charge in [0.25, 0.3) is 5.82 Å².